The minimum absolute atomic E-state index is 0.127. The Hall–Kier alpha value is -3.68. The van der Waals surface area contributed by atoms with E-state index < -0.39 is 23.4 Å². The van der Waals surface area contributed by atoms with Crippen LogP contribution in [0.5, 0.6) is 5.75 Å². The third-order valence-corrected chi connectivity index (χ3v) is 8.61. The Bertz CT molecular complexity index is 1400. The van der Waals surface area contributed by atoms with Gasteiger partial charge in [0.25, 0.3) is 0 Å². The van der Waals surface area contributed by atoms with E-state index in [9.17, 15) is 14.4 Å². The van der Waals surface area contributed by atoms with Gasteiger partial charge in [0.15, 0.2) is 0 Å². The van der Waals surface area contributed by atoms with Crippen molar-refractivity contribution in [3.63, 3.8) is 0 Å². The van der Waals surface area contributed by atoms with Crippen LogP contribution < -0.4 is 10.1 Å². The Labute approximate surface area is 232 Å². The average molecular weight is 544 g/mol. The number of ether oxygens (including phenoxy) is 1. The highest BCUT2D eigenvalue weighted by Crippen LogP contribution is 2.52. The molecule has 3 amide bonds. The van der Waals surface area contributed by atoms with Gasteiger partial charge < -0.3 is 9.64 Å². The van der Waals surface area contributed by atoms with Gasteiger partial charge in [-0.1, -0.05) is 66.2 Å². The van der Waals surface area contributed by atoms with Crippen molar-refractivity contribution < 1.29 is 19.1 Å². The highest BCUT2D eigenvalue weighted by molar-refractivity contribution is 6.30. The maximum Gasteiger partial charge on any atom is 0.244 e. The molecule has 3 aliphatic heterocycles. The maximum absolute atomic E-state index is 14.3. The van der Waals surface area contributed by atoms with E-state index in [1.54, 1.807) is 7.11 Å². The Balaban J connectivity index is 1.37. The number of hydrogen-bond acceptors (Lipinski definition) is 5. The molecule has 3 aromatic rings. The Morgan fingerprint density at radius 1 is 0.897 bits per heavy atom. The summed E-state index contributed by atoms with van der Waals surface area (Å²) in [6, 6.07) is 24.0. The van der Waals surface area contributed by atoms with Gasteiger partial charge in [-0.25, -0.2) is 0 Å². The molecule has 0 unspecified atom stereocenters. The van der Waals surface area contributed by atoms with Crippen LogP contribution in [0.25, 0.3) is 0 Å². The molecule has 8 heteroatoms. The largest absolute Gasteiger partial charge is 0.497 e. The Morgan fingerprint density at radius 3 is 2.28 bits per heavy atom. The van der Waals surface area contributed by atoms with E-state index >= 15 is 0 Å². The zero-order valence-electron chi connectivity index (χ0n) is 21.7. The molecule has 3 heterocycles. The molecule has 0 aromatic heterocycles. The molecule has 0 bridgehead atoms. The van der Waals surface area contributed by atoms with E-state index in [4.69, 9.17) is 16.3 Å². The van der Waals surface area contributed by atoms with E-state index in [0.29, 0.717) is 30.3 Å². The quantitative estimate of drug-likeness (QED) is 0.468. The number of amides is 3. The second-order valence-corrected chi connectivity index (χ2v) is 11.0. The number of hydrogen-bond donors (Lipinski definition) is 1. The first-order valence-electron chi connectivity index (χ1n) is 13.3. The summed E-state index contributed by atoms with van der Waals surface area (Å²) in [7, 11) is 1.60. The van der Waals surface area contributed by atoms with Crippen LogP contribution >= 0.6 is 11.6 Å². The number of nitrogens with zero attached hydrogens (tertiary/aromatic N) is 2. The monoisotopic (exact) mass is 543 g/mol. The third kappa shape index (κ3) is 4.39. The van der Waals surface area contributed by atoms with E-state index in [0.717, 1.165) is 23.1 Å². The second-order valence-electron chi connectivity index (χ2n) is 10.6. The molecule has 39 heavy (non-hydrogen) atoms. The number of imide groups is 1. The number of nitrogens with one attached hydrogen (secondary N) is 1. The number of likely N-dealkylation sites (tertiary alicyclic amines) is 2. The predicted octanol–water partition coefficient (Wildman–Crippen LogP) is 4.36. The lowest BCUT2D eigenvalue weighted by molar-refractivity contribution is -0.150. The van der Waals surface area contributed by atoms with Crippen LogP contribution in [0.2, 0.25) is 5.02 Å². The van der Waals surface area contributed by atoms with Crippen molar-refractivity contribution in [2.75, 3.05) is 13.7 Å². The summed E-state index contributed by atoms with van der Waals surface area (Å²) in [6.07, 6.45) is 1.22. The Kier molecular flexibility index (Phi) is 6.65. The van der Waals surface area contributed by atoms with Crippen LogP contribution in [0.3, 0.4) is 0 Å². The SMILES string of the molecule is COc1ccc([C@H]2N[C@]3(CCCN(Cc4ccc(Cl)cc4)C3=O)[C@H]3C(=O)N(Cc4ccccc4)C(=O)[C@@H]23)cc1. The summed E-state index contributed by atoms with van der Waals surface area (Å²) in [5.74, 6) is -1.39. The van der Waals surface area contributed by atoms with Gasteiger partial charge in [0, 0.05) is 24.2 Å². The summed E-state index contributed by atoms with van der Waals surface area (Å²) in [5, 5.41) is 4.20. The molecular formula is C31H30ClN3O4. The molecule has 0 radical (unpaired) electrons. The lowest BCUT2D eigenvalue weighted by atomic mass is 9.74. The summed E-state index contributed by atoms with van der Waals surface area (Å²) in [4.78, 5) is 45.5. The van der Waals surface area contributed by atoms with Crippen molar-refractivity contribution in [3.8, 4) is 5.75 Å². The number of rotatable bonds is 6. The lowest BCUT2D eigenvalue weighted by Gasteiger charge is -2.42. The van der Waals surface area contributed by atoms with Gasteiger partial charge in [-0.3, -0.25) is 24.6 Å². The van der Waals surface area contributed by atoms with Gasteiger partial charge in [0.1, 0.15) is 11.3 Å². The number of carbonyl (C=O) groups excluding carboxylic acids is 3. The van der Waals surface area contributed by atoms with Gasteiger partial charge in [0.05, 0.1) is 25.5 Å². The highest BCUT2D eigenvalue weighted by Gasteiger charge is 2.68. The van der Waals surface area contributed by atoms with Crippen molar-refractivity contribution in [2.24, 2.45) is 11.8 Å². The average Bonchev–Trinajstić information content (AvgIpc) is 3.42. The number of piperidine rings is 1. The highest BCUT2D eigenvalue weighted by atomic mass is 35.5. The van der Waals surface area contributed by atoms with Crippen LogP contribution in [0.4, 0.5) is 0 Å². The fourth-order valence-corrected chi connectivity index (χ4v) is 6.63. The van der Waals surface area contributed by atoms with Gasteiger partial charge in [0.2, 0.25) is 17.7 Å². The fraction of sp³-hybridized carbons (Fsp3) is 0.323. The van der Waals surface area contributed by atoms with Crippen molar-refractivity contribution >= 4 is 29.3 Å². The summed E-state index contributed by atoms with van der Waals surface area (Å²) in [5.41, 5.74) is 1.54. The number of halogens is 1. The maximum atomic E-state index is 14.3. The van der Waals surface area contributed by atoms with E-state index in [-0.39, 0.29) is 24.3 Å². The molecule has 1 N–H and O–H groups in total. The molecule has 0 saturated carbocycles. The molecule has 4 atom stereocenters. The molecule has 3 saturated heterocycles. The number of methoxy groups -OCH3 is 1. The first kappa shape index (κ1) is 25.6. The zero-order chi connectivity index (χ0) is 27.1. The second kappa shape index (κ2) is 10.1. The molecule has 3 aliphatic rings. The number of benzene rings is 3. The summed E-state index contributed by atoms with van der Waals surface area (Å²) < 4.78 is 5.33. The number of carbonyl (C=O) groups is 3. The lowest BCUT2D eigenvalue weighted by Crippen LogP contribution is -2.63. The molecule has 7 nitrogen and oxygen atoms in total. The summed E-state index contributed by atoms with van der Waals surface area (Å²) in [6.45, 7) is 1.20. The van der Waals surface area contributed by atoms with Crippen LogP contribution in [-0.4, -0.2) is 46.7 Å². The molecule has 6 rings (SSSR count). The molecule has 200 valence electrons. The van der Waals surface area contributed by atoms with Gasteiger partial charge in [-0.15, -0.1) is 0 Å². The Morgan fingerprint density at radius 2 is 1.59 bits per heavy atom. The van der Waals surface area contributed by atoms with Crippen LogP contribution in [0.1, 0.15) is 35.6 Å². The van der Waals surface area contributed by atoms with E-state index in [1.165, 1.54) is 4.90 Å². The minimum Gasteiger partial charge on any atom is -0.497 e. The number of fused-ring (bicyclic) bond motifs is 2. The van der Waals surface area contributed by atoms with Crippen molar-refractivity contribution in [1.29, 1.82) is 0 Å². The summed E-state index contributed by atoms with van der Waals surface area (Å²) >= 11 is 6.06. The van der Waals surface area contributed by atoms with Gasteiger partial charge in [-0.05, 0) is 53.8 Å². The first-order valence-corrected chi connectivity index (χ1v) is 13.6. The van der Waals surface area contributed by atoms with E-state index in [2.05, 4.69) is 5.32 Å². The van der Waals surface area contributed by atoms with Crippen molar-refractivity contribution in [2.45, 2.75) is 37.5 Å². The molecule has 3 fully saturated rings. The van der Waals surface area contributed by atoms with Gasteiger partial charge in [-0.2, -0.15) is 0 Å². The smallest absolute Gasteiger partial charge is 0.244 e. The van der Waals surface area contributed by atoms with E-state index in [1.807, 2.05) is 83.8 Å². The predicted molar refractivity (Wildman–Crippen MR) is 147 cm³/mol. The molecule has 1 spiro atoms. The molecule has 3 aromatic carbocycles. The first-order chi connectivity index (χ1) is 18.9. The molecular weight excluding hydrogens is 514 g/mol. The normalized spacial score (nSPS) is 26.4. The topological polar surface area (TPSA) is 79.0 Å². The van der Waals surface area contributed by atoms with Crippen LogP contribution in [0.15, 0.2) is 78.9 Å². The van der Waals surface area contributed by atoms with Crippen molar-refractivity contribution in [3.05, 3.63) is 101 Å². The standard InChI is InChI=1S/C31H30ClN3O4/c1-39-24-14-10-22(11-15-24)27-25-26(29(37)35(28(25)36)19-20-6-3-2-4-7-20)31(33-27)16-5-17-34(30(31)38)18-21-8-12-23(32)13-9-21/h2-4,6-15,25-27,33H,5,16-19H2,1H3/t25-,26-,27-,31-/m1/s1. The van der Waals surface area contributed by atoms with Crippen molar-refractivity contribution in [1.82, 2.24) is 15.1 Å². The minimum atomic E-state index is -1.15. The zero-order valence-corrected chi connectivity index (χ0v) is 22.4. The van der Waals surface area contributed by atoms with Crippen LogP contribution in [0, 0.1) is 11.8 Å². The fourth-order valence-electron chi connectivity index (χ4n) is 6.51. The van der Waals surface area contributed by atoms with Gasteiger partial charge >= 0.3 is 0 Å². The molecule has 0 aliphatic carbocycles. The van der Waals surface area contributed by atoms with Crippen LogP contribution in [-0.2, 0) is 27.5 Å². The third-order valence-electron chi connectivity index (χ3n) is 8.36.